The Hall–Kier alpha value is -0.940. The van der Waals surface area contributed by atoms with Crippen molar-refractivity contribution in [2.24, 2.45) is 0 Å². The zero-order valence-corrected chi connectivity index (χ0v) is 11.3. The van der Waals surface area contributed by atoms with Crippen molar-refractivity contribution in [1.82, 2.24) is 9.88 Å². The van der Waals surface area contributed by atoms with Crippen LogP contribution < -0.4 is 0 Å². The summed E-state index contributed by atoms with van der Waals surface area (Å²) in [5, 5.41) is 9.00. The SMILES string of the molecule is CCCCCN(CCO)C(=O)c1scnc1C. The third-order valence-electron chi connectivity index (χ3n) is 2.63. The Kier molecular flexibility index (Phi) is 6.15. The van der Waals surface area contributed by atoms with Gasteiger partial charge in [0.2, 0.25) is 0 Å². The number of thiazole rings is 1. The monoisotopic (exact) mass is 256 g/mol. The summed E-state index contributed by atoms with van der Waals surface area (Å²) >= 11 is 1.37. The van der Waals surface area contributed by atoms with E-state index in [2.05, 4.69) is 11.9 Å². The third-order valence-corrected chi connectivity index (χ3v) is 3.55. The number of unbranched alkanes of at least 4 members (excludes halogenated alkanes) is 2. The van der Waals surface area contributed by atoms with Crippen LogP contribution in [0.4, 0.5) is 0 Å². The Bertz CT molecular complexity index is 352. The third kappa shape index (κ3) is 4.09. The smallest absolute Gasteiger partial charge is 0.265 e. The molecule has 0 saturated carbocycles. The van der Waals surface area contributed by atoms with Crippen LogP contribution in [-0.2, 0) is 0 Å². The maximum Gasteiger partial charge on any atom is 0.265 e. The second-order valence-electron chi connectivity index (χ2n) is 3.99. The van der Waals surface area contributed by atoms with Gasteiger partial charge in [0.25, 0.3) is 5.91 Å². The molecule has 0 radical (unpaired) electrons. The summed E-state index contributed by atoms with van der Waals surface area (Å²) in [6.45, 7) is 5.10. The molecule has 17 heavy (non-hydrogen) atoms. The lowest BCUT2D eigenvalue weighted by Gasteiger charge is -2.21. The maximum atomic E-state index is 12.2. The molecule has 4 nitrogen and oxygen atoms in total. The van der Waals surface area contributed by atoms with Gasteiger partial charge in [0.15, 0.2) is 0 Å². The summed E-state index contributed by atoms with van der Waals surface area (Å²) in [7, 11) is 0. The minimum atomic E-state index is -0.00449. The molecule has 0 atom stereocenters. The molecule has 0 unspecified atom stereocenters. The van der Waals surface area contributed by atoms with Crippen LogP contribution in [0, 0.1) is 6.92 Å². The molecule has 0 aliphatic heterocycles. The zero-order valence-electron chi connectivity index (χ0n) is 10.5. The lowest BCUT2D eigenvalue weighted by molar-refractivity contribution is 0.0722. The minimum absolute atomic E-state index is 0.00449. The number of amides is 1. The molecule has 1 N–H and O–H groups in total. The van der Waals surface area contributed by atoms with Crippen LogP contribution in [-0.4, -0.2) is 40.6 Å². The highest BCUT2D eigenvalue weighted by Crippen LogP contribution is 2.15. The number of hydrogen-bond donors (Lipinski definition) is 1. The van der Waals surface area contributed by atoms with Gasteiger partial charge in [-0.1, -0.05) is 19.8 Å². The summed E-state index contributed by atoms with van der Waals surface area (Å²) in [6, 6.07) is 0. The number of carbonyl (C=O) groups excluding carboxylic acids is 1. The number of aliphatic hydroxyl groups excluding tert-OH is 1. The molecule has 0 spiro atoms. The topological polar surface area (TPSA) is 53.4 Å². The van der Waals surface area contributed by atoms with Crippen molar-refractivity contribution in [3.05, 3.63) is 16.1 Å². The first-order valence-corrected chi connectivity index (χ1v) is 6.88. The van der Waals surface area contributed by atoms with E-state index in [1.54, 1.807) is 10.4 Å². The lowest BCUT2D eigenvalue weighted by Crippen LogP contribution is -2.34. The van der Waals surface area contributed by atoms with Gasteiger partial charge in [-0.25, -0.2) is 4.98 Å². The van der Waals surface area contributed by atoms with Crippen LogP contribution >= 0.6 is 11.3 Å². The Balaban J connectivity index is 2.63. The quantitative estimate of drug-likeness (QED) is 0.760. The van der Waals surface area contributed by atoms with Crippen molar-refractivity contribution in [2.75, 3.05) is 19.7 Å². The van der Waals surface area contributed by atoms with Gasteiger partial charge in [-0.2, -0.15) is 0 Å². The summed E-state index contributed by atoms with van der Waals surface area (Å²) in [6.07, 6.45) is 3.22. The zero-order chi connectivity index (χ0) is 12.7. The van der Waals surface area contributed by atoms with E-state index in [0.29, 0.717) is 18.0 Å². The van der Waals surface area contributed by atoms with Crippen LogP contribution in [0.15, 0.2) is 5.51 Å². The molecule has 1 aromatic rings. The molecular formula is C12H20N2O2S. The fourth-order valence-corrected chi connectivity index (χ4v) is 2.41. The van der Waals surface area contributed by atoms with Crippen molar-refractivity contribution in [2.45, 2.75) is 33.1 Å². The highest BCUT2D eigenvalue weighted by molar-refractivity contribution is 7.11. The lowest BCUT2D eigenvalue weighted by atomic mass is 10.2. The summed E-state index contributed by atoms with van der Waals surface area (Å²) in [4.78, 5) is 18.7. The fraction of sp³-hybridized carbons (Fsp3) is 0.667. The van der Waals surface area contributed by atoms with Gasteiger partial charge in [-0.05, 0) is 13.3 Å². The summed E-state index contributed by atoms with van der Waals surface area (Å²) in [5.74, 6) is -0.00449. The van der Waals surface area contributed by atoms with E-state index >= 15 is 0 Å². The molecule has 1 amide bonds. The Morgan fingerprint density at radius 3 is 2.76 bits per heavy atom. The van der Waals surface area contributed by atoms with Crippen molar-refractivity contribution >= 4 is 17.2 Å². The van der Waals surface area contributed by atoms with Crippen molar-refractivity contribution in [3.8, 4) is 0 Å². The van der Waals surface area contributed by atoms with Gasteiger partial charge in [0.05, 0.1) is 17.8 Å². The van der Waals surface area contributed by atoms with Gasteiger partial charge in [-0.15, -0.1) is 11.3 Å². The van der Waals surface area contributed by atoms with E-state index in [1.165, 1.54) is 11.3 Å². The highest BCUT2D eigenvalue weighted by Gasteiger charge is 2.18. The van der Waals surface area contributed by atoms with Gasteiger partial charge in [0, 0.05) is 13.1 Å². The second kappa shape index (κ2) is 7.40. The number of nitrogens with zero attached hydrogens (tertiary/aromatic N) is 2. The van der Waals surface area contributed by atoms with Gasteiger partial charge < -0.3 is 10.0 Å². The number of rotatable bonds is 7. The van der Waals surface area contributed by atoms with Crippen LogP contribution in [0.3, 0.4) is 0 Å². The Morgan fingerprint density at radius 1 is 1.47 bits per heavy atom. The molecular weight excluding hydrogens is 236 g/mol. The Morgan fingerprint density at radius 2 is 2.24 bits per heavy atom. The maximum absolute atomic E-state index is 12.2. The normalized spacial score (nSPS) is 10.5. The molecule has 0 aliphatic rings. The number of aryl methyl sites for hydroxylation is 1. The fourth-order valence-electron chi connectivity index (χ4n) is 1.64. The number of hydrogen-bond acceptors (Lipinski definition) is 4. The van der Waals surface area contributed by atoms with Crippen molar-refractivity contribution in [1.29, 1.82) is 0 Å². The molecule has 0 saturated heterocycles. The van der Waals surface area contributed by atoms with Crippen LogP contribution in [0.5, 0.6) is 0 Å². The van der Waals surface area contributed by atoms with E-state index in [4.69, 9.17) is 5.11 Å². The molecule has 96 valence electrons. The predicted molar refractivity (Wildman–Crippen MR) is 69.4 cm³/mol. The van der Waals surface area contributed by atoms with Gasteiger partial charge in [-0.3, -0.25) is 4.79 Å². The van der Waals surface area contributed by atoms with E-state index < -0.39 is 0 Å². The van der Waals surface area contributed by atoms with Crippen molar-refractivity contribution < 1.29 is 9.90 Å². The van der Waals surface area contributed by atoms with Crippen LogP contribution in [0.1, 0.15) is 41.6 Å². The average Bonchev–Trinajstić information content (AvgIpc) is 2.74. The van der Waals surface area contributed by atoms with Crippen LogP contribution in [0.25, 0.3) is 0 Å². The minimum Gasteiger partial charge on any atom is -0.395 e. The molecule has 1 heterocycles. The molecule has 0 aliphatic carbocycles. The molecule has 1 aromatic heterocycles. The van der Waals surface area contributed by atoms with E-state index in [9.17, 15) is 4.79 Å². The predicted octanol–water partition coefficient (Wildman–Crippen LogP) is 2.08. The van der Waals surface area contributed by atoms with Crippen LogP contribution in [0.2, 0.25) is 0 Å². The molecule has 0 fully saturated rings. The highest BCUT2D eigenvalue weighted by atomic mass is 32.1. The average molecular weight is 256 g/mol. The molecule has 5 heteroatoms. The standard InChI is InChI=1S/C12H20N2O2S/c1-3-4-5-6-14(7-8-15)12(16)11-10(2)13-9-17-11/h9,15H,3-8H2,1-2H3. The number of aliphatic hydroxyl groups is 1. The molecule has 1 rings (SSSR count). The Labute approximate surface area is 106 Å². The van der Waals surface area contributed by atoms with E-state index in [0.717, 1.165) is 25.0 Å². The molecule has 0 bridgehead atoms. The first-order chi connectivity index (χ1) is 8.20. The van der Waals surface area contributed by atoms with Gasteiger partial charge >= 0.3 is 0 Å². The van der Waals surface area contributed by atoms with Gasteiger partial charge in [0.1, 0.15) is 4.88 Å². The summed E-state index contributed by atoms with van der Waals surface area (Å²) in [5.41, 5.74) is 2.46. The first-order valence-electron chi connectivity index (χ1n) is 6.01. The van der Waals surface area contributed by atoms with Crippen molar-refractivity contribution in [3.63, 3.8) is 0 Å². The largest absolute Gasteiger partial charge is 0.395 e. The van der Waals surface area contributed by atoms with E-state index in [-0.39, 0.29) is 12.5 Å². The van der Waals surface area contributed by atoms with E-state index in [1.807, 2.05) is 6.92 Å². The number of aromatic nitrogens is 1. The first kappa shape index (κ1) is 14.1. The summed E-state index contributed by atoms with van der Waals surface area (Å²) < 4.78 is 0. The number of carbonyl (C=O) groups is 1. The molecule has 0 aromatic carbocycles. The second-order valence-corrected chi connectivity index (χ2v) is 4.84.